The average molecular weight is 437 g/mol. The molecule has 2 fully saturated rings. The van der Waals surface area contributed by atoms with Crippen LogP contribution in [0.5, 0.6) is 5.75 Å². The highest BCUT2D eigenvalue weighted by atomic mass is 16.5. The summed E-state index contributed by atoms with van der Waals surface area (Å²) in [4.78, 5) is 29.9. The zero-order valence-electron chi connectivity index (χ0n) is 18.2. The molecule has 2 heterocycles. The lowest BCUT2D eigenvalue weighted by molar-refractivity contribution is -0.140. The van der Waals surface area contributed by atoms with Gasteiger partial charge in [0.1, 0.15) is 11.5 Å². The second kappa shape index (κ2) is 9.97. The van der Waals surface area contributed by atoms with Crippen molar-refractivity contribution in [3.8, 4) is 5.75 Å². The van der Waals surface area contributed by atoms with E-state index in [0.717, 1.165) is 44.8 Å². The molecule has 7 heteroatoms. The van der Waals surface area contributed by atoms with Gasteiger partial charge in [0, 0.05) is 31.7 Å². The first kappa shape index (κ1) is 22.0. The summed E-state index contributed by atoms with van der Waals surface area (Å²) in [6.45, 7) is 4.44. The van der Waals surface area contributed by atoms with Gasteiger partial charge in [-0.05, 0) is 36.2 Å². The molecule has 0 spiro atoms. The van der Waals surface area contributed by atoms with Gasteiger partial charge in [0.15, 0.2) is 0 Å². The van der Waals surface area contributed by atoms with Crippen LogP contribution < -0.4 is 4.74 Å². The van der Waals surface area contributed by atoms with Gasteiger partial charge in [-0.15, -0.1) is 0 Å². The van der Waals surface area contributed by atoms with Crippen molar-refractivity contribution in [3.63, 3.8) is 0 Å². The van der Waals surface area contributed by atoms with Crippen molar-refractivity contribution in [1.29, 1.82) is 0 Å². The average Bonchev–Trinajstić information content (AvgIpc) is 3.10. The third-order valence-electron chi connectivity index (χ3n) is 6.00. The van der Waals surface area contributed by atoms with E-state index in [-0.39, 0.29) is 11.3 Å². The first-order valence-electron chi connectivity index (χ1n) is 10.9. The van der Waals surface area contributed by atoms with Gasteiger partial charge >= 0.3 is 0 Å². The Morgan fingerprint density at radius 2 is 1.72 bits per heavy atom. The fraction of sp³-hybridized carbons (Fsp3) is 0.360. The van der Waals surface area contributed by atoms with Crippen LogP contribution in [-0.2, 0) is 14.3 Å². The Morgan fingerprint density at radius 3 is 2.38 bits per heavy atom. The topological polar surface area (TPSA) is 79.3 Å². The Balaban J connectivity index is 1.64. The standard InChI is InChI=1S/C25H28N2O5/c1-31-20-10-8-19(9-11-20)23(28)21-22(18-6-3-2-4-7-18)27(25(30)24(21)29)13-5-12-26-14-16-32-17-15-26/h2-4,6-11,22,28H,5,12-17H2,1H3/b23-21+. The van der Waals surface area contributed by atoms with E-state index in [2.05, 4.69) is 4.90 Å². The summed E-state index contributed by atoms with van der Waals surface area (Å²) in [6, 6.07) is 15.6. The van der Waals surface area contributed by atoms with Crippen LogP contribution in [0.1, 0.15) is 23.6 Å². The smallest absolute Gasteiger partial charge is 0.295 e. The second-order valence-electron chi connectivity index (χ2n) is 7.94. The van der Waals surface area contributed by atoms with Crippen molar-refractivity contribution in [2.45, 2.75) is 12.5 Å². The van der Waals surface area contributed by atoms with Crippen LogP contribution in [0.4, 0.5) is 0 Å². The number of ether oxygens (including phenoxy) is 2. The van der Waals surface area contributed by atoms with Crippen LogP contribution in [0.15, 0.2) is 60.2 Å². The molecule has 0 aromatic heterocycles. The lowest BCUT2D eigenvalue weighted by Crippen LogP contribution is -2.38. The van der Waals surface area contributed by atoms with Gasteiger partial charge in [0.05, 0.1) is 31.9 Å². The molecule has 2 aliphatic rings. The number of rotatable bonds is 7. The number of Topliss-reactive ketones (excluding diaryl/α,β-unsaturated/α-hetero) is 1. The molecular formula is C25H28N2O5. The summed E-state index contributed by atoms with van der Waals surface area (Å²) >= 11 is 0. The Morgan fingerprint density at radius 1 is 1.03 bits per heavy atom. The molecule has 0 aliphatic carbocycles. The molecule has 0 saturated carbocycles. The minimum atomic E-state index is -0.654. The molecule has 4 rings (SSSR count). The van der Waals surface area contributed by atoms with Crippen molar-refractivity contribution < 1.29 is 24.2 Å². The summed E-state index contributed by atoms with van der Waals surface area (Å²) < 4.78 is 10.6. The van der Waals surface area contributed by atoms with Crippen molar-refractivity contribution >= 4 is 17.4 Å². The number of hydrogen-bond acceptors (Lipinski definition) is 6. The predicted molar refractivity (Wildman–Crippen MR) is 120 cm³/mol. The second-order valence-corrected chi connectivity index (χ2v) is 7.94. The van der Waals surface area contributed by atoms with E-state index >= 15 is 0 Å². The molecule has 0 bridgehead atoms. The van der Waals surface area contributed by atoms with E-state index in [1.807, 2.05) is 30.3 Å². The summed E-state index contributed by atoms with van der Waals surface area (Å²) in [5.41, 5.74) is 1.39. The number of carbonyl (C=O) groups excluding carboxylic acids is 2. The number of amides is 1. The van der Waals surface area contributed by atoms with Crippen molar-refractivity contribution in [3.05, 3.63) is 71.3 Å². The van der Waals surface area contributed by atoms with Gasteiger partial charge in [-0.2, -0.15) is 0 Å². The zero-order chi connectivity index (χ0) is 22.5. The van der Waals surface area contributed by atoms with Crippen LogP contribution in [0.25, 0.3) is 5.76 Å². The number of hydrogen-bond donors (Lipinski definition) is 1. The van der Waals surface area contributed by atoms with Gasteiger partial charge < -0.3 is 19.5 Å². The molecule has 168 valence electrons. The number of nitrogens with zero attached hydrogens (tertiary/aromatic N) is 2. The molecule has 7 nitrogen and oxygen atoms in total. The SMILES string of the molecule is COc1ccc(/C(O)=C2\C(=O)C(=O)N(CCCN3CCOCC3)C2c2ccccc2)cc1. The van der Waals surface area contributed by atoms with Gasteiger partial charge in [0.2, 0.25) is 0 Å². The molecule has 2 aromatic carbocycles. The van der Waals surface area contributed by atoms with Crippen LogP contribution in [-0.4, -0.2) is 73.1 Å². The molecule has 1 atom stereocenters. The van der Waals surface area contributed by atoms with Crippen molar-refractivity contribution in [1.82, 2.24) is 9.80 Å². The van der Waals surface area contributed by atoms with Gasteiger partial charge in [-0.3, -0.25) is 14.5 Å². The number of morpholine rings is 1. The van der Waals surface area contributed by atoms with Crippen LogP contribution >= 0.6 is 0 Å². The number of aliphatic hydroxyl groups is 1. The Labute approximate surface area is 187 Å². The third kappa shape index (κ3) is 4.54. The highest BCUT2D eigenvalue weighted by Crippen LogP contribution is 2.39. The maximum absolute atomic E-state index is 13.0. The number of likely N-dealkylation sites (tertiary alicyclic amines) is 1. The fourth-order valence-corrected chi connectivity index (χ4v) is 4.29. The van der Waals surface area contributed by atoms with Gasteiger partial charge in [0.25, 0.3) is 11.7 Å². The van der Waals surface area contributed by atoms with Crippen molar-refractivity contribution in [2.75, 3.05) is 46.5 Å². The minimum absolute atomic E-state index is 0.123. The first-order valence-corrected chi connectivity index (χ1v) is 10.9. The van der Waals surface area contributed by atoms with E-state index < -0.39 is 17.7 Å². The van der Waals surface area contributed by atoms with E-state index in [1.54, 1.807) is 36.3 Å². The monoisotopic (exact) mass is 436 g/mol. The normalized spacial score (nSPS) is 21.2. The maximum Gasteiger partial charge on any atom is 0.295 e. The fourth-order valence-electron chi connectivity index (χ4n) is 4.29. The highest BCUT2D eigenvalue weighted by Gasteiger charge is 2.45. The Bertz CT molecular complexity index is 981. The molecule has 2 aromatic rings. The largest absolute Gasteiger partial charge is 0.507 e. The van der Waals surface area contributed by atoms with Crippen LogP contribution in [0, 0.1) is 0 Å². The highest BCUT2D eigenvalue weighted by molar-refractivity contribution is 6.46. The molecule has 32 heavy (non-hydrogen) atoms. The maximum atomic E-state index is 13.0. The number of ketones is 1. The first-order chi connectivity index (χ1) is 15.6. The quantitative estimate of drug-likeness (QED) is 0.409. The summed E-state index contributed by atoms with van der Waals surface area (Å²) in [5.74, 6) is -0.755. The molecule has 1 N–H and O–H groups in total. The van der Waals surface area contributed by atoms with E-state index in [0.29, 0.717) is 17.9 Å². The summed E-state index contributed by atoms with van der Waals surface area (Å²) in [6.07, 6.45) is 0.735. The summed E-state index contributed by atoms with van der Waals surface area (Å²) in [7, 11) is 1.56. The van der Waals surface area contributed by atoms with Crippen LogP contribution in [0.3, 0.4) is 0 Å². The third-order valence-corrected chi connectivity index (χ3v) is 6.00. The summed E-state index contributed by atoms with van der Waals surface area (Å²) in [5, 5.41) is 11.1. The predicted octanol–water partition coefficient (Wildman–Crippen LogP) is 2.84. The molecule has 2 aliphatic heterocycles. The number of methoxy groups -OCH3 is 1. The molecule has 1 amide bonds. The van der Waals surface area contributed by atoms with Gasteiger partial charge in [-0.1, -0.05) is 30.3 Å². The van der Waals surface area contributed by atoms with E-state index in [4.69, 9.17) is 9.47 Å². The zero-order valence-corrected chi connectivity index (χ0v) is 18.2. The van der Waals surface area contributed by atoms with E-state index in [9.17, 15) is 14.7 Å². The number of aliphatic hydroxyl groups excluding tert-OH is 1. The molecule has 0 radical (unpaired) electrons. The van der Waals surface area contributed by atoms with Crippen LogP contribution in [0.2, 0.25) is 0 Å². The van der Waals surface area contributed by atoms with Gasteiger partial charge in [-0.25, -0.2) is 0 Å². The minimum Gasteiger partial charge on any atom is -0.507 e. The van der Waals surface area contributed by atoms with E-state index in [1.165, 1.54) is 0 Å². The number of carbonyl (C=O) groups is 2. The Kier molecular flexibility index (Phi) is 6.87. The molecule has 1 unspecified atom stereocenters. The number of benzene rings is 2. The Hall–Kier alpha value is -3.16. The lowest BCUT2D eigenvalue weighted by Gasteiger charge is -2.29. The molecular weight excluding hydrogens is 408 g/mol. The van der Waals surface area contributed by atoms with Crippen molar-refractivity contribution in [2.24, 2.45) is 0 Å². The molecule has 2 saturated heterocycles. The lowest BCUT2D eigenvalue weighted by atomic mass is 9.95.